The van der Waals surface area contributed by atoms with Crippen molar-refractivity contribution in [3.05, 3.63) is 65.9 Å². The molecule has 1 aliphatic rings. The fourth-order valence-corrected chi connectivity index (χ4v) is 3.23. The second-order valence-electron chi connectivity index (χ2n) is 6.62. The van der Waals surface area contributed by atoms with Crippen molar-refractivity contribution in [3.63, 3.8) is 0 Å². The Morgan fingerprint density at radius 3 is 2.71 bits per heavy atom. The van der Waals surface area contributed by atoms with Gasteiger partial charge in [-0.2, -0.15) is 5.26 Å². The summed E-state index contributed by atoms with van der Waals surface area (Å²) in [5.74, 6) is 0.385. The third-order valence-electron chi connectivity index (χ3n) is 4.77. The van der Waals surface area contributed by atoms with Gasteiger partial charge in [0.15, 0.2) is 5.54 Å². The number of nitriles is 1. The molecule has 1 aliphatic heterocycles. The van der Waals surface area contributed by atoms with Crippen molar-refractivity contribution >= 4 is 22.9 Å². The van der Waals surface area contributed by atoms with E-state index in [9.17, 15) is 9.59 Å². The van der Waals surface area contributed by atoms with Crippen LogP contribution in [0.3, 0.4) is 0 Å². The van der Waals surface area contributed by atoms with Crippen LogP contribution in [0.2, 0.25) is 0 Å². The third kappa shape index (κ3) is 2.85. The van der Waals surface area contributed by atoms with Crippen molar-refractivity contribution in [2.24, 2.45) is 0 Å². The fraction of sp³-hybridized carbons (Fsp3) is 0.190. The summed E-state index contributed by atoms with van der Waals surface area (Å²) in [5.41, 5.74) is -0.233. The van der Waals surface area contributed by atoms with Gasteiger partial charge < -0.3 is 14.5 Å². The van der Waals surface area contributed by atoms with E-state index in [1.54, 1.807) is 37.3 Å². The first-order chi connectivity index (χ1) is 13.5. The number of amides is 3. The molecule has 0 saturated carbocycles. The molecule has 28 heavy (non-hydrogen) atoms. The smallest absolute Gasteiger partial charge is 0.325 e. The zero-order valence-corrected chi connectivity index (χ0v) is 15.1. The summed E-state index contributed by atoms with van der Waals surface area (Å²) in [5, 5.41) is 12.7. The van der Waals surface area contributed by atoms with Crippen molar-refractivity contribution in [2.45, 2.75) is 12.5 Å². The number of imide groups is 1. The molecule has 4 rings (SSSR count). The van der Waals surface area contributed by atoms with E-state index in [1.165, 1.54) is 0 Å². The van der Waals surface area contributed by atoms with Crippen LogP contribution in [0, 0.1) is 11.3 Å². The van der Waals surface area contributed by atoms with E-state index in [0.717, 1.165) is 10.3 Å². The molecule has 0 aliphatic carbocycles. The lowest BCUT2D eigenvalue weighted by molar-refractivity contribution is -0.131. The summed E-state index contributed by atoms with van der Waals surface area (Å²) < 4.78 is 11.4. The molecule has 7 nitrogen and oxygen atoms in total. The van der Waals surface area contributed by atoms with Crippen LogP contribution in [0.1, 0.15) is 18.2 Å². The van der Waals surface area contributed by atoms with Crippen LogP contribution in [0.15, 0.2) is 59.0 Å². The summed E-state index contributed by atoms with van der Waals surface area (Å²) in [6, 6.07) is 17.5. The number of carbonyl (C=O) groups is 2. The molecule has 1 N–H and O–H groups in total. The van der Waals surface area contributed by atoms with Gasteiger partial charge in [0.1, 0.15) is 29.8 Å². The fourth-order valence-electron chi connectivity index (χ4n) is 3.23. The molecule has 3 amide bonds. The summed E-state index contributed by atoms with van der Waals surface area (Å²) in [6.07, 6.45) is 0. The second-order valence-corrected chi connectivity index (χ2v) is 6.62. The standard InChI is InChI=1S/C21H17N3O4/c1-21(18-12-14-6-2-5-9-17(14)28-18)19(25)24(20(26)23-21)10-11-27-16-8-4-3-7-15(16)13-22/h2-9,12H,10-11H2,1H3,(H,23,26)/t21-/m0/s1. The Hall–Kier alpha value is -3.79. The van der Waals surface area contributed by atoms with Gasteiger partial charge in [0.05, 0.1) is 12.1 Å². The molecule has 140 valence electrons. The number of benzene rings is 2. The SMILES string of the molecule is C[C@@]1(c2cc3ccccc3o2)NC(=O)N(CCOc2ccccc2C#N)C1=O. The molecule has 1 aromatic heterocycles. The van der Waals surface area contributed by atoms with Crippen molar-refractivity contribution < 1.29 is 18.7 Å². The lowest BCUT2D eigenvalue weighted by atomic mass is 9.99. The van der Waals surface area contributed by atoms with Crippen LogP contribution >= 0.6 is 0 Å². The first-order valence-corrected chi connectivity index (χ1v) is 8.78. The van der Waals surface area contributed by atoms with Crippen LogP contribution in [0.4, 0.5) is 4.79 Å². The molecular formula is C21H17N3O4. The molecule has 2 heterocycles. The molecule has 3 aromatic rings. The molecule has 0 unspecified atom stereocenters. The lowest BCUT2D eigenvalue weighted by Crippen LogP contribution is -2.41. The third-order valence-corrected chi connectivity index (χ3v) is 4.77. The maximum Gasteiger partial charge on any atom is 0.325 e. The molecule has 0 radical (unpaired) electrons. The first-order valence-electron chi connectivity index (χ1n) is 8.78. The van der Waals surface area contributed by atoms with Gasteiger partial charge in [0.25, 0.3) is 5.91 Å². The van der Waals surface area contributed by atoms with Crippen LogP contribution in [0.5, 0.6) is 5.75 Å². The Labute approximate surface area is 161 Å². The largest absolute Gasteiger partial charge is 0.490 e. The van der Waals surface area contributed by atoms with Crippen molar-refractivity contribution in [1.82, 2.24) is 10.2 Å². The minimum atomic E-state index is -1.28. The highest BCUT2D eigenvalue weighted by molar-refractivity contribution is 6.07. The maximum absolute atomic E-state index is 13.0. The lowest BCUT2D eigenvalue weighted by Gasteiger charge is -2.19. The van der Waals surface area contributed by atoms with E-state index in [-0.39, 0.29) is 13.2 Å². The van der Waals surface area contributed by atoms with Gasteiger partial charge in [-0.15, -0.1) is 0 Å². The van der Waals surface area contributed by atoms with Crippen molar-refractivity contribution in [2.75, 3.05) is 13.2 Å². The van der Waals surface area contributed by atoms with Crippen LogP contribution < -0.4 is 10.1 Å². The Kier molecular flexibility index (Phi) is 4.24. The quantitative estimate of drug-likeness (QED) is 0.691. The monoisotopic (exact) mass is 375 g/mol. The molecule has 0 spiro atoms. The Morgan fingerprint density at radius 1 is 1.18 bits per heavy atom. The normalized spacial score (nSPS) is 18.9. The number of urea groups is 1. The predicted octanol–water partition coefficient (Wildman–Crippen LogP) is 3.15. The number of nitrogens with zero attached hydrogens (tertiary/aromatic N) is 2. The molecule has 1 atom stereocenters. The van der Waals surface area contributed by atoms with Gasteiger partial charge in [0.2, 0.25) is 0 Å². The van der Waals surface area contributed by atoms with Gasteiger partial charge in [-0.3, -0.25) is 9.69 Å². The van der Waals surface area contributed by atoms with E-state index < -0.39 is 17.5 Å². The number of hydrogen-bond donors (Lipinski definition) is 1. The van der Waals surface area contributed by atoms with Gasteiger partial charge in [-0.1, -0.05) is 30.3 Å². The molecule has 2 aromatic carbocycles. The number of nitrogens with one attached hydrogen (secondary N) is 1. The highest BCUT2D eigenvalue weighted by Crippen LogP contribution is 2.33. The Bertz CT molecular complexity index is 1080. The number of rotatable bonds is 5. The number of fused-ring (bicyclic) bond motifs is 1. The van der Waals surface area contributed by atoms with E-state index >= 15 is 0 Å². The number of carbonyl (C=O) groups excluding carboxylic acids is 2. The summed E-state index contributed by atoms with van der Waals surface area (Å²) in [4.78, 5) is 26.5. The molecule has 1 saturated heterocycles. The highest BCUT2D eigenvalue weighted by Gasteiger charge is 2.51. The second kappa shape index (κ2) is 6.74. The number of para-hydroxylation sites is 2. The number of hydrogen-bond acceptors (Lipinski definition) is 5. The van der Waals surface area contributed by atoms with Gasteiger partial charge in [-0.25, -0.2) is 4.79 Å². The predicted molar refractivity (Wildman–Crippen MR) is 100 cm³/mol. The molecule has 0 bridgehead atoms. The molecular weight excluding hydrogens is 358 g/mol. The van der Waals surface area contributed by atoms with Gasteiger partial charge in [0, 0.05) is 5.39 Å². The summed E-state index contributed by atoms with van der Waals surface area (Å²) in [6.45, 7) is 1.76. The van der Waals surface area contributed by atoms with E-state index in [4.69, 9.17) is 14.4 Å². The maximum atomic E-state index is 13.0. The zero-order valence-electron chi connectivity index (χ0n) is 15.1. The van der Waals surface area contributed by atoms with Crippen molar-refractivity contribution in [1.29, 1.82) is 5.26 Å². The Morgan fingerprint density at radius 2 is 1.93 bits per heavy atom. The topological polar surface area (TPSA) is 95.6 Å². The highest BCUT2D eigenvalue weighted by atomic mass is 16.5. The molecule has 7 heteroatoms. The van der Waals surface area contributed by atoms with Gasteiger partial charge >= 0.3 is 6.03 Å². The van der Waals surface area contributed by atoms with Crippen molar-refractivity contribution in [3.8, 4) is 11.8 Å². The molecule has 1 fully saturated rings. The average molecular weight is 375 g/mol. The van der Waals surface area contributed by atoms with E-state index in [1.807, 2.05) is 30.3 Å². The number of ether oxygens (including phenoxy) is 1. The summed E-state index contributed by atoms with van der Waals surface area (Å²) in [7, 11) is 0. The zero-order chi connectivity index (χ0) is 19.7. The van der Waals surface area contributed by atoms with E-state index in [0.29, 0.717) is 22.7 Å². The van der Waals surface area contributed by atoms with Crippen LogP contribution in [-0.4, -0.2) is 30.0 Å². The minimum absolute atomic E-state index is 0.0558. The Balaban J connectivity index is 1.50. The first kappa shape index (κ1) is 17.6. The van der Waals surface area contributed by atoms with Gasteiger partial charge in [-0.05, 0) is 31.2 Å². The van der Waals surface area contributed by atoms with Crippen LogP contribution in [-0.2, 0) is 10.3 Å². The summed E-state index contributed by atoms with van der Waals surface area (Å²) >= 11 is 0. The van der Waals surface area contributed by atoms with Crippen LogP contribution in [0.25, 0.3) is 11.0 Å². The van der Waals surface area contributed by atoms with E-state index in [2.05, 4.69) is 5.32 Å². The number of furan rings is 1. The minimum Gasteiger partial charge on any atom is -0.490 e. The average Bonchev–Trinajstić information content (AvgIpc) is 3.24.